The van der Waals surface area contributed by atoms with Crippen LogP contribution in [0.5, 0.6) is 0 Å². The van der Waals surface area contributed by atoms with Gasteiger partial charge in [0.25, 0.3) is 0 Å². The van der Waals surface area contributed by atoms with E-state index >= 15 is 0 Å². The van der Waals surface area contributed by atoms with E-state index in [1.807, 2.05) is 13.1 Å². The highest BCUT2D eigenvalue weighted by atomic mass is 79.9. The van der Waals surface area contributed by atoms with Crippen molar-refractivity contribution in [3.63, 3.8) is 0 Å². The zero-order valence-corrected chi connectivity index (χ0v) is 8.73. The number of fused-ring (bicyclic) bond motifs is 1. The van der Waals surface area contributed by atoms with Crippen molar-refractivity contribution in [3.8, 4) is 0 Å². The molecule has 13 heavy (non-hydrogen) atoms. The van der Waals surface area contributed by atoms with Crippen LogP contribution in [0.2, 0.25) is 0 Å². The molecule has 1 nitrogen and oxygen atoms in total. The molecule has 0 aromatic heterocycles. The minimum Gasteiger partial charge on any atom is -0.383 e. The molecular formula is C10H9BrFN. The molecule has 1 aromatic carbocycles. The van der Waals surface area contributed by atoms with Crippen molar-refractivity contribution in [2.45, 2.75) is 13.0 Å². The zero-order valence-electron chi connectivity index (χ0n) is 7.14. The summed E-state index contributed by atoms with van der Waals surface area (Å²) in [5.41, 5.74) is 0. The van der Waals surface area contributed by atoms with Crippen LogP contribution < -0.4 is 15.8 Å². The summed E-state index contributed by atoms with van der Waals surface area (Å²) in [6.45, 7) is 2.02. The van der Waals surface area contributed by atoms with E-state index in [9.17, 15) is 4.39 Å². The fourth-order valence-corrected chi connectivity index (χ4v) is 1.86. The van der Waals surface area contributed by atoms with Gasteiger partial charge < -0.3 is 5.32 Å². The number of benzene rings is 1. The van der Waals surface area contributed by atoms with E-state index in [1.54, 1.807) is 12.1 Å². The lowest BCUT2D eigenvalue weighted by molar-refractivity contribution is 0.625. The molecule has 0 fully saturated rings. The van der Waals surface area contributed by atoms with E-state index in [4.69, 9.17) is 0 Å². The summed E-state index contributed by atoms with van der Waals surface area (Å²) >= 11 is 3.45. The van der Waals surface area contributed by atoms with Gasteiger partial charge in [-0.05, 0) is 35.6 Å². The molecule has 3 heteroatoms. The number of hydrogen-bond donors (Lipinski definition) is 1. The van der Waals surface area contributed by atoms with Gasteiger partial charge in [-0.25, -0.2) is 4.39 Å². The minimum atomic E-state index is -0.196. The molecule has 0 radical (unpaired) electrons. The van der Waals surface area contributed by atoms with Crippen LogP contribution in [0.4, 0.5) is 4.39 Å². The second-order valence-electron chi connectivity index (χ2n) is 3.11. The van der Waals surface area contributed by atoms with Gasteiger partial charge in [0.05, 0.1) is 6.04 Å². The van der Waals surface area contributed by atoms with Gasteiger partial charge in [0.15, 0.2) is 0 Å². The normalized spacial score (nSPS) is 20.2. The topological polar surface area (TPSA) is 12.0 Å². The second kappa shape index (κ2) is 3.14. The Morgan fingerprint density at radius 3 is 3.00 bits per heavy atom. The van der Waals surface area contributed by atoms with Crippen LogP contribution in [-0.2, 0) is 0 Å². The molecule has 0 amide bonds. The summed E-state index contributed by atoms with van der Waals surface area (Å²) < 4.78 is 13.9. The van der Waals surface area contributed by atoms with Crippen LogP contribution in [0.1, 0.15) is 6.92 Å². The first kappa shape index (κ1) is 8.75. The predicted octanol–water partition coefficient (Wildman–Crippen LogP) is 1.06. The van der Waals surface area contributed by atoms with Gasteiger partial charge in [0, 0.05) is 10.7 Å². The maximum absolute atomic E-state index is 12.9. The highest BCUT2D eigenvalue weighted by Crippen LogP contribution is 2.10. The third kappa shape index (κ3) is 1.48. The summed E-state index contributed by atoms with van der Waals surface area (Å²) in [6.07, 6.45) is 1.91. The molecule has 1 atom stereocenters. The quantitative estimate of drug-likeness (QED) is 0.717. The lowest BCUT2D eigenvalue weighted by Crippen LogP contribution is -2.39. The summed E-state index contributed by atoms with van der Waals surface area (Å²) in [6, 6.07) is 5.00. The minimum absolute atomic E-state index is 0.196. The summed E-state index contributed by atoms with van der Waals surface area (Å²) in [5, 5.41) is 5.13. The molecule has 68 valence electrons. The molecule has 1 aliphatic heterocycles. The summed E-state index contributed by atoms with van der Waals surface area (Å²) in [4.78, 5) is 0. The standard InChI is InChI=1S/C10H9BrFN/c1-6-10(11)9-4-8(12)3-2-7(9)5-13-6/h2-6,13H,1H3. The van der Waals surface area contributed by atoms with Crippen LogP contribution in [0.3, 0.4) is 0 Å². The summed E-state index contributed by atoms with van der Waals surface area (Å²) in [7, 11) is 0. The Morgan fingerprint density at radius 1 is 1.46 bits per heavy atom. The molecule has 0 bridgehead atoms. The first-order chi connectivity index (χ1) is 6.18. The predicted molar refractivity (Wildman–Crippen MR) is 55.0 cm³/mol. The summed E-state index contributed by atoms with van der Waals surface area (Å²) in [5.74, 6) is -0.196. The van der Waals surface area contributed by atoms with Gasteiger partial charge in [0.1, 0.15) is 5.82 Å². The van der Waals surface area contributed by atoms with Crippen LogP contribution in [-0.4, -0.2) is 6.04 Å². The Kier molecular flexibility index (Phi) is 2.12. The van der Waals surface area contributed by atoms with Crippen molar-refractivity contribution in [2.24, 2.45) is 0 Å². The molecule has 0 aliphatic carbocycles. The highest BCUT2D eigenvalue weighted by molar-refractivity contribution is 9.15. The molecular weight excluding hydrogens is 233 g/mol. The first-order valence-electron chi connectivity index (χ1n) is 4.10. The number of hydrogen-bond acceptors (Lipinski definition) is 1. The highest BCUT2D eigenvalue weighted by Gasteiger charge is 2.09. The van der Waals surface area contributed by atoms with Crippen LogP contribution >= 0.6 is 15.9 Å². The second-order valence-corrected chi connectivity index (χ2v) is 3.97. The molecule has 2 rings (SSSR count). The van der Waals surface area contributed by atoms with Crippen LogP contribution in [0.15, 0.2) is 18.2 Å². The molecule has 0 saturated carbocycles. The van der Waals surface area contributed by atoms with Crippen molar-refractivity contribution >= 4 is 26.6 Å². The zero-order chi connectivity index (χ0) is 9.42. The Balaban J connectivity index is 2.83. The largest absolute Gasteiger partial charge is 0.383 e. The van der Waals surface area contributed by atoms with Crippen molar-refractivity contribution in [1.82, 2.24) is 5.32 Å². The Labute approximate surface area is 84.1 Å². The van der Waals surface area contributed by atoms with E-state index in [0.717, 1.165) is 14.9 Å². The van der Waals surface area contributed by atoms with E-state index in [0.29, 0.717) is 0 Å². The van der Waals surface area contributed by atoms with Gasteiger partial charge in [-0.1, -0.05) is 15.9 Å². The van der Waals surface area contributed by atoms with Crippen molar-refractivity contribution in [2.75, 3.05) is 0 Å². The Hall–Kier alpha value is -0.830. The fraction of sp³-hybridized carbons (Fsp3) is 0.200. The van der Waals surface area contributed by atoms with E-state index in [-0.39, 0.29) is 11.9 Å². The third-order valence-corrected chi connectivity index (χ3v) is 3.26. The lowest BCUT2D eigenvalue weighted by atomic mass is 10.1. The van der Waals surface area contributed by atoms with E-state index in [2.05, 4.69) is 21.2 Å². The van der Waals surface area contributed by atoms with E-state index in [1.165, 1.54) is 6.07 Å². The van der Waals surface area contributed by atoms with Crippen molar-refractivity contribution in [1.29, 1.82) is 0 Å². The van der Waals surface area contributed by atoms with Crippen molar-refractivity contribution in [3.05, 3.63) is 34.5 Å². The molecule has 0 spiro atoms. The van der Waals surface area contributed by atoms with Gasteiger partial charge in [-0.3, -0.25) is 0 Å². The number of rotatable bonds is 0. The number of halogens is 2. The van der Waals surface area contributed by atoms with Gasteiger partial charge >= 0.3 is 0 Å². The monoisotopic (exact) mass is 241 g/mol. The fourth-order valence-electron chi connectivity index (χ4n) is 1.38. The number of nitrogens with one attached hydrogen (secondary N) is 1. The Bertz CT molecular complexity index is 452. The molecule has 1 aliphatic rings. The van der Waals surface area contributed by atoms with Crippen LogP contribution in [0, 0.1) is 5.82 Å². The average molecular weight is 242 g/mol. The molecule has 1 unspecified atom stereocenters. The Morgan fingerprint density at radius 2 is 2.23 bits per heavy atom. The maximum atomic E-state index is 12.9. The SMILES string of the molecule is CC1NC=c2ccc(F)cc2=C1Br. The van der Waals surface area contributed by atoms with Gasteiger partial charge in [-0.15, -0.1) is 0 Å². The third-order valence-electron chi connectivity index (χ3n) is 2.14. The van der Waals surface area contributed by atoms with Crippen LogP contribution in [0.25, 0.3) is 10.7 Å². The molecule has 1 aromatic rings. The molecule has 0 saturated heterocycles. The first-order valence-corrected chi connectivity index (χ1v) is 4.89. The van der Waals surface area contributed by atoms with E-state index < -0.39 is 0 Å². The maximum Gasteiger partial charge on any atom is 0.123 e. The average Bonchev–Trinajstić information content (AvgIpc) is 2.12. The van der Waals surface area contributed by atoms with Gasteiger partial charge in [0.2, 0.25) is 0 Å². The molecule has 1 N–H and O–H groups in total. The van der Waals surface area contributed by atoms with Crippen molar-refractivity contribution < 1.29 is 4.39 Å². The van der Waals surface area contributed by atoms with Gasteiger partial charge in [-0.2, -0.15) is 0 Å². The lowest BCUT2D eigenvalue weighted by Gasteiger charge is -2.15. The smallest absolute Gasteiger partial charge is 0.123 e. The molecule has 1 heterocycles.